The Bertz CT molecular complexity index is 522. The molecule has 0 spiro atoms. The number of aromatic nitrogens is 3. The maximum atomic E-state index is 4.55. The first-order valence-corrected chi connectivity index (χ1v) is 7.43. The molecule has 0 saturated carbocycles. The average molecular weight is 276 g/mol. The van der Waals surface area contributed by atoms with Crippen molar-refractivity contribution in [2.75, 3.05) is 11.9 Å². The molecule has 0 aliphatic heterocycles. The highest BCUT2D eigenvalue weighted by Gasteiger charge is 2.10. The quantitative estimate of drug-likeness (QED) is 0.907. The maximum Gasteiger partial charge on any atom is 0.223 e. The van der Waals surface area contributed by atoms with Crippen LogP contribution in [0.25, 0.3) is 0 Å². The summed E-state index contributed by atoms with van der Waals surface area (Å²) >= 11 is 1.69. The lowest BCUT2D eigenvalue weighted by molar-refractivity contribution is 0.773. The van der Waals surface area contributed by atoms with E-state index in [1.54, 1.807) is 11.3 Å². The van der Waals surface area contributed by atoms with Gasteiger partial charge in [-0.05, 0) is 18.9 Å². The number of hydrogen-bond donors (Lipinski definition) is 1. The Kier molecular flexibility index (Phi) is 4.47. The second-order valence-corrected chi connectivity index (χ2v) is 5.99. The smallest absolute Gasteiger partial charge is 0.223 e. The summed E-state index contributed by atoms with van der Waals surface area (Å²) in [4.78, 5) is 13.3. The summed E-state index contributed by atoms with van der Waals surface area (Å²) < 4.78 is 0. The SMILES string of the molecule is Cc1cc(C(C)C)nc(NCC(C)c2nccs2)n1. The minimum absolute atomic E-state index is 0.367. The van der Waals surface area contributed by atoms with Crippen molar-refractivity contribution in [1.29, 1.82) is 0 Å². The molecule has 2 rings (SSSR count). The van der Waals surface area contributed by atoms with Crippen LogP contribution in [0, 0.1) is 6.92 Å². The molecule has 102 valence electrons. The third-order valence-electron chi connectivity index (χ3n) is 2.90. The summed E-state index contributed by atoms with van der Waals surface area (Å²) in [7, 11) is 0. The molecule has 0 amide bonds. The molecule has 0 aromatic carbocycles. The van der Waals surface area contributed by atoms with E-state index in [0.717, 1.165) is 22.9 Å². The molecule has 0 radical (unpaired) electrons. The molecule has 19 heavy (non-hydrogen) atoms. The summed E-state index contributed by atoms with van der Waals surface area (Å²) in [6.07, 6.45) is 1.84. The molecule has 0 aliphatic rings. The number of aryl methyl sites for hydroxylation is 1. The van der Waals surface area contributed by atoms with E-state index >= 15 is 0 Å². The van der Waals surface area contributed by atoms with Gasteiger partial charge >= 0.3 is 0 Å². The molecule has 2 aromatic rings. The minimum Gasteiger partial charge on any atom is -0.354 e. The van der Waals surface area contributed by atoms with Crippen LogP contribution < -0.4 is 5.32 Å². The van der Waals surface area contributed by atoms with Crippen molar-refractivity contribution in [3.8, 4) is 0 Å². The molecule has 4 nitrogen and oxygen atoms in total. The minimum atomic E-state index is 0.367. The lowest BCUT2D eigenvalue weighted by atomic mass is 10.1. The van der Waals surface area contributed by atoms with Crippen molar-refractivity contribution in [3.05, 3.63) is 34.0 Å². The highest BCUT2D eigenvalue weighted by atomic mass is 32.1. The number of thiazole rings is 1. The predicted octanol–water partition coefficient (Wildman–Crippen LogP) is 3.58. The molecule has 2 heterocycles. The fourth-order valence-corrected chi connectivity index (χ4v) is 2.48. The summed E-state index contributed by atoms with van der Waals surface area (Å²) in [5.41, 5.74) is 2.08. The average Bonchev–Trinajstić information content (AvgIpc) is 2.89. The summed E-state index contributed by atoms with van der Waals surface area (Å²) in [6, 6.07) is 2.04. The standard InChI is InChI=1S/C14H20N4S/c1-9(2)12-7-11(4)17-14(18-12)16-8-10(3)13-15-5-6-19-13/h5-7,9-10H,8H2,1-4H3,(H,16,17,18). The van der Waals surface area contributed by atoms with Gasteiger partial charge in [0.2, 0.25) is 5.95 Å². The molecule has 1 unspecified atom stereocenters. The van der Waals surface area contributed by atoms with Gasteiger partial charge in [0.05, 0.1) is 5.01 Å². The lowest BCUT2D eigenvalue weighted by Crippen LogP contribution is -2.13. The van der Waals surface area contributed by atoms with Crippen LogP contribution >= 0.6 is 11.3 Å². The third kappa shape index (κ3) is 3.73. The molecular formula is C14H20N4S. The zero-order valence-corrected chi connectivity index (χ0v) is 12.7. The first kappa shape index (κ1) is 13.9. The van der Waals surface area contributed by atoms with E-state index in [2.05, 4.69) is 41.0 Å². The van der Waals surface area contributed by atoms with Crippen LogP contribution in [0.5, 0.6) is 0 Å². The van der Waals surface area contributed by atoms with Gasteiger partial charge in [-0.25, -0.2) is 15.0 Å². The Morgan fingerprint density at radius 1 is 1.26 bits per heavy atom. The van der Waals surface area contributed by atoms with Gasteiger partial charge in [-0.1, -0.05) is 20.8 Å². The van der Waals surface area contributed by atoms with Crippen molar-refractivity contribution in [2.24, 2.45) is 0 Å². The van der Waals surface area contributed by atoms with E-state index < -0.39 is 0 Å². The Morgan fingerprint density at radius 3 is 2.68 bits per heavy atom. The zero-order valence-electron chi connectivity index (χ0n) is 11.8. The van der Waals surface area contributed by atoms with Crippen LogP contribution in [-0.4, -0.2) is 21.5 Å². The number of rotatable bonds is 5. The molecule has 1 N–H and O–H groups in total. The Labute approximate surface area is 118 Å². The summed E-state index contributed by atoms with van der Waals surface area (Å²) in [5.74, 6) is 1.50. The Hall–Kier alpha value is -1.49. The van der Waals surface area contributed by atoms with Gasteiger partial charge in [0.1, 0.15) is 0 Å². The summed E-state index contributed by atoms with van der Waals surface area (Å²) in [5, 5.41) is 6.46. The van der Waals surface area contributed by atoms with Gasteiger partial charge in [-0.2, -0.15) is 0 Å². The van der Waals surface area contributed by atoms with Gasteiger partial charge < -0.3 is 5.32 Å². The van der Waals surface area contributed by atoms with E-state index in [1.807, 2.05) is 24.6 Å². The normalized spacial score (nSPS) is 12.7. The van der Waals surface area contributed by atoms with Crippen LogP contribution in [0.15, 0.2) is 17.6 Å². The zero-order chi connectivity index (χ0) is 13.8. The second kappa shape index (κ2) is 6.10. The van der Waals surface area contributed by atoms with Crippen LogP contribution in [0.2, 0.25) is 0 Å². The van der Waals surface area contributed by atoms with E-state index in [1.165, 1.54) is 0 Å². The monoisotopic (exact) mass is 276 g/mol. The van der Waals surface area contributed by atoms with Gasteiger partial charge in [0, 0.05) is 35.4 Å². The fourth-order valence-electron chi connectivity index (χ4n) is 1.78. The first-order valence-electron chi connectivity index (χ1n) is 6.55. The van der Waals surface area contributed by atoms with E-state index in [4.69, 9.17) is 0 Å². The van der Waals surface area contributed by atoms with Gasteiger partial charge in [-0.15, -0.1) is 11.3 Å². The Balaban J connectivity index is 2.03. The van der Waals surface area contributed by atoms with Crippen molar-refractivity contribution < 1.29 is 0 Å². The van der Waals surface area contributed by atoms with Gasteiger partial charge in [0.15, 0.2) is 0 Å². The first-order chi connectivity index (χ1) is 9.06. The third-order valence-corrected chi connectivity index (χ3v) is 3.91. The van der Waals surface area contributed by atoms with E-state index in [-0.39, 0.29) is 0 Å². The van der Waals surface area contributed by atoms with Crippen molar-refractivity contribution in [1.82, 2.24) is 15.0 Å². The van der Waals surface area contributed by atoms with Crippen LogP contribution in [0.3, 0.4) is 0 Å². The molecule has 0 saturated heterocycles. The van der Waals surface area contributed by atoms with E-state index in [9.17, 15) is 0 Å². The fraction of sp³-hybridized carbons (Fsp3) is 0.500. The van der Waals surface area contributed by atoms with Crippen LogP contribution in [-0.2, 0) is 0 Å². The van der Waals surface area contributed by atoms with Crippen molar-refractivity contribution in [2.45, 2.75) is 39.5 Å². The van der Waals surface area contributed by atoms with E-state index in [0.29, 0.717) is 17.8 Å². The number of hydrogen-bond acceptors (Lipinski definition) is 5. The van der Waals surface area contributed by atoms with Crippen LogP contribution in [0.4, 0.5) is 5.95 Å². The molecule has 1 atom stereocenters. The highest BCUT2D eigenvalue weighted by Crippen LogP contribution is 2.19. The predicted molar refractivity (Wildman–Crippen MR) is 79.9 cm³/mol. The summed E-state index contributed by atoms with van der Waals surface area (Å²) in [6.45, 7) is 9.25. The largest absolute Gasteiger partial charge is 0.354 e. The maximum absolute atomic E-state index is 4.55. The Morgan fingerprint density at radius 2 is 2.05 bits per heavy atom. The van der Waals surface area contributed by atoms with Crippen molar-refractivity contribution in [3.63, 3.8) is 0 Å². The molecule has 0 fully saturated rings. The molecule has 5 heteroatoms. The van der Waals surface area contributed by atoms with Crippen LogP contribution in [0.1, 0.15) is 49.0 Å². The van der Waals surface area contributed by atoms with Crippen molar-refractivity contribution >= 4 is 17.3 Å². The molecular weight excluding hydrogens is 256 g/mol. The number of nitrogens with zero attached hydrogens (tertiary/aromatic N) is 3. The number of anilines is 1. The number of nitrogens with one attached hydrogen (secondary N) is 1. The lowest BCUT2D eigenvalue weighted by Gasteiger charge is -2.12. The van der Waals surface area contributed by atoms with Gasteiger partial charge in [-0.3, -0.25) is 0 Å². The topological polar surface area (TPSA) is 50.7 Å². The molecule has 0 aliphatic carbocycles. The highest BCUT2D eigenvalue weighted by molar-refractivity contribution is 7.09. The molecule has 2 aromatic heterocycles. The van der Waals surface area contributed by atoms with Gasteiger partial charge in [0.25, 0.3) is 0 Å². The second-order valence-electron chi connectivity index (χ2n) is 5.06. The molecule has 0 bridgehead atoms.